The molecule has 0 aromatic rings. The fourth-order valence-electron chi connectivity index (χ4n) is 2.77. The predicted octanol–water partition coefficient (Wildman–Crippen LogP) is 3.88. The number of hydrogen-bond donors (Lipinski definition) is 0. The van der Waals surface area contributed by atoms with Gasteiger partial charge in [0.05, 0.1) is 0 Å². The van der Waals surface area contributed by atoms with Crippen molar-refractivity contribution < 1.29 is 4.79 Å². The van der Waals surface area contributed by atoms with Crippen LogP contribution >= 0.6 is 0 Å². The molecule has 0 unspecified atom stereocenters. The minimum absolute atomic E-state index is 0.0958. The summed E-state index contributed by atoms with van der Waals surface area (Å²) in [4.78, 5) is 12.4. The standard InChI is InChI=1S/C14H22O/c1-14(2,12-9-6-10-12)13(15)11-7-4-3-5-8-11/h7,12H,3-6,8-10H2,1-2H3. The molecule has 1 heteroatoms. The molecule has 0 bridgehead atoms. The van der Waals surface area contributed by atoms with Crippen molar-refractivity contribution in [3.05, 3.63) is 11.6 Å². The van der Waals surface area contributed by atoms with E-state index in [1.807, 2.05) is 0 Å². The van der Waals surface area contributed by atoms with E-state index in [-0.39, 0.29) is 5.41 Å². The second kappa shape index (κ2) is 4.11. The van der Waals surface area contributed by atoms with Crippen molar-refractivity contribution in [1.29, 1.82) is 0 Å². The van der Waals surface area contributed by atoms with E-state index >= 15 is 0 Å². The van der Waals surface area contributed by atoms with Gasteiger partial charge in [-0.3, -0.25) is 4.79 Å². The number of rotatable bonds is 3. The van der Waals surface area contributed by atoms with E-state index < -0.39 is 0 Å². The Morgan fingerprint density at radius 1 is 1.27 bits per heavy atom. The maximum atomic E-state index is 12.4. The van der Waals surface area contributed by atoms with Gasteiger partial charge in [0.15, 0.2) is 5.78 Å². The zero-order valence-electron chi connectivity index (χ0n) is 10.0. The lowest BCUT2D eigenvalue weighted by atomic mass is 9.63. The first kappa shape index (κ1) is 10.9. The molecule has 0 heterocycles. The third-order valence-corrected chi connectivity index (χ3v) is 4.29. The molecule has 0 atom stereocenters. The van der Waals surface area contributed by atoms with Crippen molar-refractivity contribution in [3.63, 3.8) is 0 Å². The van der Waals surface area contributed by atoms with Gasteiger partial charge in [-0.05, 0) is 50.0 Å². The zero-order valence-corrected chi connectivity index (χ0v) is 10.0. The normalized spacial score (nSPS) is 23.2. The maximum absolute atomic E-state index is 12.4. The molecule has 15 heavy (non-hydrogen) atoms. The van der Waals surface area contributed by atoms with Gasteiger partial charge < -0.3 is 0 Å². The molecule has 1 nitrogen and oxygen atoms in total. The summed E-state index contributed by atoms with van der Waals surface area (Å²) in [5.41, 5.74) is 1.03. The van der Waals surface area contributed by atoms with Gasteiger partial charge in [-0.15, -0.1) is 0 Å². The third-order valence-electron chi connectivity index (χ3n) is 4.29. The summed E-state index contributed by atoms with van der Waals surface area (Å²) in [5, 5.41) is 0. The summed E-state index contributed by atoms with van der Waals surface area (Å²) >= 11 is 0. The minimum atomic E-state index is -0.0958. The fraction of sp³-hybridized carbons (Fsp3) is 0.786. The number of ketones is 1. The highest BCUT2D eigenvalue weighted by molar-refractivity contribution is 5.99. The van der Waals surface area contributed by atoms with Crippen LogP contribution < -0.4 is 0 Å². The summed E-state index contributed by atoms with van der Waals surface area (Å²) in [6, 6.07) is 0. The van der Waals surface area contributed by atoms with E-state index in [1.54, 1.807) is 0 Å². The van der Waals surface area contributed by atoms with Crippen LogP contribution in [0.1, 0.15) is 58.8 Å². The molecule has 1 saturated carbocycles. The van der Waals surface area contributed by atoms with Gasteiger partial charge >= 0.3 is 0 Å². The van der Waals surface area contributed by atoms with Crippen LogP contribution in [0.5, 0.6) is 0 Å². The molecule has 0 saturated heterocycles. The van der Waals surface area contributed by atoms with E-state index in [1.165, 1.54) is 32.1 Å². The smallest absolute Gasteiger partial charge is 0.164 e. The molecule has 0 amide bonds. The van der Waals surface area contributed by atoms with Crippen LogP contribution in [0.3, 0.4) is 0 Å². The Morgan fingerprint density at radius 2 is 2.00 bits per heavy atom. The van der Waals surface area contributed by atoms with Crippen LogP contribution in [0.2, 0.25) is 0 Å². The lowest BCUT2D eigenvalue weighted by Gasteiger charge is -2.40. The number of allylic oxidation sites excluding steroid dienone is 2. The van der Waals surface area contributed by atoms with Crippen molar-refractivity contribution in [1.82, 2.24) is 0 Å². The van der Waals surface area contributed by atoms with Crippen LogP contribution in [0.25, 0.3) is 0 Å². The molecule has 0 aromatic carbocycles. The first-order valence-electron chi connectivity index (χ1n) is 6.36. The van der Waals surface area contributed by atoms with Crippen LogP contribution in [-0.2, 0) is 4.79 Å². The minimum Gasteiger partial charge on any atom is -0.294 e. The van der Waals surface area contributed by atoms with Crippen LogP contribution in [0, 0.1) is 11.3 Å². The van der Waals surface area contributed by atoms with Crippen LogP contribution in [0.15, 0.2) is 11.6 Å². The third kappa shape index (κ3) is 2.02. The summed E-state index contributed by atoms with van der Waals surface area (Å²) in [5.74, 6) is 1.08. The number of Topliss-reactive ketones (excluding diaryl/α,β-unsaturated/α-hetero) is 1. The second-order valence-corrected chi connectivity index (χ2v) is 5.65. The van der Waals surface area contributed by atoms with Crippen molar-refractivity contribution in [2.75, 3.05) is 0 Å². The average molecular weight is 206 g/mol. The molecule has 2 aliphatic rings. The Bertz CT molecular complexity index is 282. The van der Waals surface area contributed by atoms with Crippen molar-refractivity contribution >= 4 is 5.78 Å². The summed E-state index contributed by atoms with van der Waals surface area (Å²) < 4.78 is 0. The lowest BCUT2D eigenvalue weighted by Crippen LogP contribution is -2.38. The van der Waals surface area contributed by atoms with E-state index in [2.05, 4.69) is 19.9 Å². The summed E-state index contributed by atoms with van der Waals surface area (Å²) in [7, 11) is 0. The second-order valence-electron chi connectivity index (χ2n) is 5.65. The highest BCUT2D eigenvalue weighted by Crippen LogP contribution is 2.44. The number of carbonyl (C=O) groups excluding carboxylic acids is 1. The molecular formula is C14H22O. The Kier molecular flexibility index (Phi) is 2.99. The fourth-order valence-corrected chi connectivity index (χ4v) is 2.77. The van der Waals surface area contributed by atoms with E-state index in [0.717, 1.165) is 18.4 Å². The molecular weight excluding hydrogens is 184 g/mol. The first-order valence-corrected chi connectivity index (χ1v) is 6.36. The van der Waals surface area contributed by atoms with Gasteiger partial charge in [0.25, 0.3) is 0 Å². The lowest BCUT2D eigenvalue weighted by molar-refractivity contribution is -0.127. The van der Waals surface area contributed by atoms with Gasteiger partial charge in [0, 0.05) is 5.41 Å². The molecule has 0 aromatic heterocycles. The van der Waals surface area contributed by atoms with Crippen molar-refractivity contribution in [2.24, 2.45) is 11.3 Å². The molecule has 1 fully saturated rings. The quantitative estimate of drug-likeness (QED) is 0.685. The Balaban J connectivity index is 2.08. The maximum Gasteiger partial charge on any atom is 0.164 e. The van der Waals surface area contributed by atoms with E-state index in [9.17, 15) is 4.79 Å². The van der Waals surface area contributed by atoms with Crippen molar-refractivity contribution in [2.45, 2.75) is 58.8 Å². The zero-order chi connectivity index (χ0) is 10.9. The summed E-state index contributed by atoms with van der Waals surface area (Å²) in [6.07, 6.45) is 10.6. The molecule has 0 radical (unpaired) electrons. The van der Waals surface area contributed by atoms with Gasteiger partial charge in [-0.2, -0.15) is 0 Å². The molecule has 0 spiro atoms. The monoisotopic (exact) mass is 206 g/mol. The molecule has 2 rings (SSSR count). The highest BCUT2D eigenvalue weighted by atomic mass is 16.1. The van der Waals surface area contributed by atoms with Gasteiger partial charge in [-0.25, -0.2) is 0 Å². The predicted molar refractivity (Wildman–Crippen MR) is 62.7 cm³/mol. The van der Waals surface area contributed by atoms with Crippen molar-refractivity contribution in [3.8, 4) is 0 Å². The largest absolute Gasteiger partial charge is 0.294 e. The first-order chi connectivity index (χ1) is 7.12. The number of carbonyl (C=O) groups is 1. The Morgan fingerprint density at radius 3 is 2.47 bits per heavy atom. The van der Waals surface area contributed by atoms with Crippen LogP contribution in [-0.4, -0.2) is 5.78 Å². The average Bonchev–Trinajstić information content (AvgIpc) is 2.14. The van der Waals surface area contributed by atoms with Gasteiger partial charge in [0.2, 0.25) is 0 Å². The molecule has 0 N–H and O–H groups in total. The SMILES string of the molecule is CC(C)(C(=O)C1=CCCCC1)C1CCC1. The Hall–Kier alpha value is -0.590. The van der Waals surface area contributed by atoms with E-state index in [4.69, 9.17) is 0 Å². The molecule has 2 aliphatic carbocycles. The van der Waals surface area contributed by atoms with Crippen LogP contribution in [0.4, 0.5) is 0 Å². The Labute approximate surface area is 92.9 Å². The van der Waals surface area contributed by atoms with Gasteiger partial charge in [0.1, 0.15) is 0 Å². The molecule has 0 aliphatic heterocycles. The molecule has 84 valence electrons. The number of hydrogen-bond acceptors (Lipinski definition) is 1. The summed E-state index contributed by atoms with van der Waals surface area (Å²) in [6.45, 7) is 4.29. The highest BCUT2D eigenvalue weighted by Gasteiger charge is 2.40. The van der Waals surface area contributed by atoms with Gasteiger partial charge in [-0.1, -0.05) is 26.3 Å². The van der Waals surface area contributed by atoms with E-state index in [0.29, 0.717) is 11.7 Å². The topological polar surface area (TPSA) is 17.1 Å².